The standard InChI is InChI=1S/C13H19N3O2.2ClH/c1-10-9-15-6-3-11(10)16-12(17)13(18-2)4-7-14-8-5-13;;/h3,6,9,14H,4-5,7-8H2,1-2H3,(H,15,16,17);2*1H. The second-order valence-corrected chi connectivity index (χ2v) is 4.59. The van der Waals surface area contributed by atoms with Gasteiger partial charge in [0.05, 0.1) is 0 Å². The first-order valence-electron chi connectivity index (χ1n) is 6.16. The maximum atomic E-state index is 12.4. The zero-order valence-electron chi connectivity index (χ0n) is 11.6. The molecule has 2 N–H and O–H groups in total. The molecule has 1 aliphatic heterocycles. The maximum Gasteiger partial charge on any atom is 0.256 e. The van der Waals surface area contributed by atoms with Gasteiger partial charge in [-0.05, 0) is 44.5 Å². The highest BCUT2D eigenvalue weighted by atomic mass is 35.5. The van der Waals surface area contributed by atoms with E-state index in [-0.39, 0.29) is 30.7 Å². The van der Waals surface area contributed by atoms with Crippen molar-refractivity contribution in [3.05, 3.63) is 24.0 Å². The van der Waals surface area contributed by atoms with Crippen molar-refractivity contribution in [2.24, 2.45) is 0 Å². The lowest BCUT2D eigenvalue weighted by Gasteiger charge is -2.34. The summed E-state index contributed by atoms with van der Waals surface area (Å²) in [6.45, 7) is 3.53. The van der Waals surface area contributed by atoms with Gasteiger partial charge in [-0.25, -0.2) is 0 Å². The minimum atomic E-state index is -0.707. The summed E-state index contributed by atoms with van der Waals surface area (Å²) in [5.41, 5.74) is 1.04. The summed E-state index contributed by atoms with van der Waals surface area (Å²) in [4.78, 5) is 16.4. The highest BCUT2D eigenvalue weighted by Gasteiger charge is 2.39. The van der Waals surface area contributed by atoms with Crippen molar-refractivity contribution in [1.29, 1.82) is 0 Å². The van der Waals surface area contributed by atoms with E-state index in [1.807, 2.05) is 6.92 Å². The van der Waals surface area contributed by atoms with Gasteiger partial charge in [-0.3, -0.25) is 9.78 Å². The third kappa shape index (κ3) is 4.06. The summed E-state index contributed by atoms with van der Waals surface area (Å²) in [7, 11) is 1.60. The molecule has 0 atom stereocenters. The van der Waals surface area contributed by atoms with E-state index in [1.54, 1.807) is 25.6 Å². The van der Waals surface area contributed by atoms with Crippen LogP contribution in [0.4, 0.5) is 5.69 Å². The molecular weight excluding hydrogens is 301 g/mol. The molecule has 1 amide bonds. The van der Waals surface area contributed by atoms with Crippen molar-refractivity contribution in [3.8, 4) is 0 Å². The summed E-state index contributed by atoms with van der Waals surface area (Å²) in [5, 5.41) is 6.17. The van der Waals surface area contributed by atoms with Crippen LogP contribution in [-0.4, -0.2) is 36.7 Å². The number of rotatable bonds is 3. The number of nitrogens with one attached hydrogen (secondary N) is 2. The van der Waals surface area contributed by atoms with Gasteiger partial charge in [0, 0.05) is 25.2 Å². The fraction of sp³-hybridized carbons (Fsp3) is 0.538. The van der Waals surface area contributed by atoms with Gasteiger partial charge in [-0.1, -0.05) is 0 Å². The quantitative estimate of drug-likeness (QED) is 0.893. The molecule has 0 saturated carbocycles. The monoisotopic (exact) mass is 321 g/mol. The summed E-state index contributed by atoms with van der Waals surface area (Å²) in [6, 6.07) is 1.80. The molecule has 1 saturated heterocycles. The Hall–Kier alpha value is -0.880. The molecule has 0 radical (unpaired) electrons. The first-order valence-corrected chi connectivity index (χ1v) is 6.16. The van der Waals surface area contributed by atoms with Crippen LogP contribution in [0.5, 0.6) is 0 Å². The molecule has 0 bridgehead atoms. The van der Waals surface area contributed by atoms with Crippen LogP contribution in [0, 0.1) is 6.92 Å². The Bertz CT molecular complexity index is 437. The summed E-state index contributed by atoms with van der Waals surface area (Å²) >= 11 is 0. The van der Waals surface area contributed by atoms with Crippen molar-refractivity contribution in [3.63, 3.8) is 0 Å². The second-order valence-electron chi connectivity index (χ2n) is 4.59. The number of carbonyl (C=O) groups excluding carboxylic acids is 1. The lowest BCUT2D eigenvalue weighted by molar-refractivity contribution is -0.140. The number of ether oxygens (including phenoxy) is 1. The van der Waals surface area contributed by atoms with Crippen molar-refractivity contribution in [2.75, 3.05) is 25.5 Å². The van der Waals surface area contributed by atoms with E-state index in [0.717, 1.165) is 24.3 Å². The van der Waals surface area contributed by atoms with Crippen LogP contribution in [0.1, 0.15) is 18.4 Å². The number of nitrogens with zero attached hydrogens (tertiary/aromatic N) is 1. The Morgan fingerprint density at radius 3 is 2.60 bits per heavy atom. The van der Waals surface area contributed by atoms with Gasteiger partial charge in [0.15, 0.2) is 0 Å². The number of piperidine rings is 1. The number of methoxy groups -OCH3 is 1. The van der Waals surface area contributed by atoms with Crippen LogP contribution < -0.4 is 10.6 Å². The van der Waals surface area contributed by atoms with E-state index < -0.39 is 5.60 Å². The Kier molecular flexibility index (Phi) is 8.05. The Labute approximate surface area is 131 Å². The fourth-order valence-electron chi connectivity index (χ4n) is 2.20. The molecule has 1 fully saturated rings. The normalized spacial score (nSPS) is 16.5. The van der Waals surface area contributed by atoms with E-state index in [9.17, 15) is 4.79 Å². The molecule has 0 unspecified atom stereocenters. The van der Waals surface area contributed by atoms with Gasteiger partial charge in [-0.15, -0.1) is 24.8 Å². The molecule has 2 heterocycles. The van der Waals surface area contributed by atoms with Gasteiger partial charge >= 0.3 is 0 Å². The Morgan fingerprint density at radius 2 is 2.05 bits per heavy atom. The Morgan fingerprint density at radius 1 is 1.40 bits per heavy atom. The lowest BCUT2D eigenvalue weighted by atomic mass is 9.91. The number of anilines is 1. The predicted octanol–water partition coefficient (Wildman–Crippen LogP) is 1.94. The Balaban J connectivity index is 0.00000180. The number of hydrogen-bond acceptors (Lipinski definition) is 4. The molecule has 0 spiro atoms. The summed E-state index contributed by atoms with van der Waals surface area (Å²) in [5.74, 6) is -0.0687. The molecule has 1 aliphatic rings. The summed E-state index contributed by atoms with van der Waals surface area (Å²) in [6.07, 6.45) is 4.79. The average Bonchev–Trinajstić information content (AvgIpc) is 2.42. The number of pyridine rings is 1. The van der Waals surface area contributed by atoms with E-state index in [2.05, 4.69) is 15.6 Å². The molecule has 0 aromatic carbocycles. The number of amides is 1. The molecule has 1 aromatic heterocycles. The molecule has 2 rings (SSSR count). The highest BCUT2D eigenvalue weighted by molar-refractivity contribution is 5.97. The fourth-order valence-corrected chi connectivity index (χ4v) is 2.20. The SMILES string of the molecule is COC1(C(=O)Nc2ccncc2C)CCNCC1.Cl.Cl. The van der Waals surface area contributed by atoms with Crippen LogP contribution in [0.2, 0.25) is 0 Å². The van der Waals surface area contributed by atoms with Gasteiger partial charge in [0.1, 0.15) is 5.60 Å². The maximum absolute atomic E-state index is 12.4. The third-order valence-electron chi connectivity index (χ3n) is 3.48. The average molecular weight is 322 g/mol. The van der Waals surface area contributed by atoms with Crippen molar-refractivity contribution in [2.45, 2.75) is 25.4 Å². The third-order valence-corrected chi connectivity index (χ3v) is 3.48. The number of halogens is 2. The lowest BCUT2D eigenvalue weighted by Crippen LogP contribution is -2.51. The van der Waals surface area contributed by atoms with Crippen LogP contribution in [0.25, 0.3) is 0 Å². The smallest absolute Gasteiger partial charge is 0.256 e. The van der Waals surface area contributed by atoms with Crippen molar-refractivity contribution in [1.82, 2.24) is 10.3 Å². The molecule has 5 nitrogen and oxygen atoms in total. The molecule has 7 heteroatoms. The van der Waals surface area contributed by atoms with Crippen molar-refractivity contribution < 1.29 is 9.53 Å². The largest absolute Gasteiger partial charge is 0.368 e. The topological polar surface area (TPSA) is 63.2 Å². The van der Waals surface area contributed by atoms with Crippen LogP contribution in [-0.2, 0) is 9.53 Å². The molecule has 114 valence electrons. The number of carbonyl (C=O) groups is 1. The molecule has 0 aliphatic carbocycles. The zero-order valence-corrected chi connectivity index (χ0v) is 13.3. The molecule has 20 heavy (non-hydrogen) atoms. The van der Waals surface area contributed by atoms with E-state index in [0.29, 0.717) is 12.8 Å². The van der Waals surface area contributed by atoms with Crippen LogP contribution in [0.3, 0.4) is 0 Å². The first kappa shape index (κ1) is 19.1. The highest BCUT2D eigenvalue weighted by Crippen LogP contribution is 2.25. The molecule has 1 aromatic rings. The minimum Gasteiger partial charge on any atom is -0.368 e. The summed E-state index contributed by atoms with van der Waals surface area (Å²) < 4.78 is 5.48. The predicted molar refractivity (Wildman–Crippen MR) is 83.9 cm³/mol. The molecular formula is C13H21Cl2N3O2. The number of hydrogen-bond donors (Lipinski definition) is 2. The van der Waals surface area contributed by atoms with Gasteiger partial charge in [0.25, 0.3) is 5.91 Å². The second kappa shape index (κ2) is 8.42. The van der Waals surface area contributed by atoms with Crippen LogP contribution >= 0.6 is 24.8 Å². The van der Waals surface area contributed by atoms with E-state index in [4.69, 9.17) is 4.74 Å². The van der Waals surface area contributed by atoms with Gasteiger partial charge in [-0.2, -0.15) is 0 Å². The van der Waals surface area contributed by atoms with E-state index in [1.165, 1.54) is 0 Å². The minimum absolute atomic E-state index is 0. The number of aryl methyl sites for hydroxylation is 1. The van der Waals surface area contributed by atoms with Gasteiger partial charge < -0.3 is 15.4 Å². The van der Waals surface area contributed by atoms with Crippen molar-refractivity contribution >= 4 is 36.4 Å². The number of aromatic nitrogens is 1. The van der Waals surface area contributed by atoms with Gasteiger partial charge in [0.2, 0.25) is 0 Å². The van der Waals surface area contributed by atoms with Crippen LogP contribution in [0.15, 0.2) is 18.5 Å². The first-order chi connectivity index (χ1) is 8.68. The van der Waals surface area contributed by atoms with E-state index >= 15 is 0 Å². The zero-order chi connectivity index (χ0) is 13.0.